The fraction of sp³-hybridized carbons (Fsp3) is 0.846. The van der Waals surface area contributed by atoms with Crippen LogP contribution in [0.25, 0.3) is 0 Å². The molecule has 17 heavy (non-hydrogen) atoms. The van der Waals surface area contributed by atoms with Gasteiger partial charge in [-0.1, -0.05) is 20.3 Å². The van der Waals surface area contributed by atoms with Crippen LogP contribution in [0.3, 0.4) is 0 Å². The van der Waals surface area contributed by atoms with Gasteiger partial charge in [0.15, 0.2) is 0 Å². The van der Waals surface area contributed by atoms with Crippen molar-refractivity contribution in [2.75, 3.05) is 6.54 Å². The topological polar surface area (TPSA) is 42.7 Å². The highest BCUT2D eigenvalue weighted by Crippen LogP contribution is 2.33. The summed E-state index contributed by atoms with van der Waals surface area (Å²) in [5, 5.41) is 7.78. The normalized spacial score (nSPS) is 26.3. The lowest BCUT2D eigenvalue weighted by Crippen LogP contribution is -2.37. The monoisotopic (exact) mass is 236 g/mol. The lowest BCUT2D eigenvalue weighted by atomic mass is 9.94. The van der Waals surface area contributed by atoms with Gasteiger partial charge in [0.1, 0.15) is 12.2 Å². The van der Waals surface area contributed by atoms with Gasteiger partial charge >= 0.3 is 0 Å². The molecule has 0 amide bonds. The molecule has 1 N–H and O–H groups in total. The van der Waals surface area contributed by atoms with E-state index in [-0.39, 0.29) is 0 Å². The van der Waals surface area contributed by atoms with Crippen LogP contribution in [0.4, 0.5) is 0 Å². The third-order valence-electron chi connectivity index (χ3n) is 3.98. The van der Waals surface area contributed by atoms with Gasteiger partial charge in [-0.25, -0.2) is 4.98 Å². The van der Waals surface area contributed by atoms with Crippen molar-refractivity contribution in [2.24, 2.45) is 18.9 Å². The van der Waals surface area contributed by atoms with Crippen LogP contribution in [-0.4, -0.2) is 27.4 Å². The third kappa shape index (κ3) is 3.06. The van der Waals surface area contributed by atoms with Crippen LogP contribution in [0, 0.1) is 11.8 Å². The second-order valence-electron chi connectivity index (χ2n) is 5.35. The summed E-state index contributed by atoms with van der Waals surface area (Å²) in [5.74, 6) is 2.79. The third-order valence-corrected chi connectivity index (χ3v) is 3.98. The lowest BCUT2D eigenvalue weighted by molar-refractivity contribution is 0.346. The molecule has 1 fully saturated rings. The van der Waals surface area contributed by atoms with Gasteiger partial charge in [0.05, 0.1) is 0 Å². The van der Waals surface area contributed by atoms with E-state index in [1.165, 1.54) is 19.3 Å². The quantitative estimate of drug-likeness (QED) is 0.847. The Hall–Kier alpha value is -0.900. The Morgan fingerprint density at radius 1 is 1.53 bits per heavy atom. The Kier molecular flexibility index (Phi) is 4.15. The first kappa shape index (κ1) is 12.6. The zero-order valence-electron chi connectivity index (χ0n) is 11.2. The number of hydrogen-bond donors (Lipinski definition) is 1. The summed E-state index contributed by atoms with van der Waals surface area (Å²) in [7, 11) is 1.97. The maximum absolute atomic E-state index is 4.34. The number of nitrogens with one attached hydrogen (secondary N) is 1. The first-order chi connectivity index (χ1) is 8.20. The summed E-state index contributed by atoms with van der Waals surface area (Å²) >= 11 is 0. The van der Waals surface area contributed by atoms with Gasteiger partial charge in [-0.15, -0.1) is 0 Å². The van der Waals surface area contributed by atoms with Gasteiger partial charge in [0.2, 0.25) is 0 Å². The molecule has 1 aromatic rings. The summed E-state index contributed by atoms with van der Waals surface area (Å²) in [4.78, 5) is 4.34. The molecule has 4 heteroatoms. The number of hydrogen-bond acceptors (Lipinski definition) is 3. The van der Waals surface area contributed by atoms with Crippen LogP contribution in [0.5, 0.6) is 0 Å². The van der Waals surface area contributed by atoms with Gasteiger partial charge in [0.25, 0.3) is 0 Å². The number of nitrogens with zero attached hydrogens (tertiary/aromatic N) is 3. The molecule has 0 spiro atoms. The van der Waals surface area contributed by atoms with Crippen LogP contribution < -0.4 is 5.32 Å². The van der Waals surface area contributed by atoms with Crippen LogP contribution in [-0.2, 0) is 13.5 Å². The van der Waals surface area contributed by atoms with E-state index in [0.29, 0.717) is 6.04 Å². The molecule has 0 aromatic carbocycles. The minimum Gasteiger partial charge on any atom is -0.314 e. The molecule has 1 saturated carbocycles. The SMILES string of the molecule is CCNC(Cc1ncnn1C)C1CCC(C)C1. The molecule has 1 aromatic heterocycles. The minimum absolute atomic E-state index is 0.563. The van der Waals surface area contributed by atoms with Gasteiger partial charge in [0, 0.05) is 19.5 Å². The Bertz CT molecular complexity index is 347. The van der Waals surface area contributed by atoms with Crippen molar-refractivity contribution in [1.29, 1.82) is 0 Å². The van der Waals surface area contributed by atoms with Gasteiger partial charge < -0.3 is 5.32 Å². The van der Waals surface area contributed by atoms with E-state index < -0.39 is 0 Å². The van der Waals surface area contributed by atoms with Crippen molar-refractivity contribution in [2.45, 2.75) is 45.6 Å². The Labute approximate surface area is 104 Å². The summed E-state index contributed by atoms with van der Waals surface area (Å²) in [6, 6.07) is 0.563. The molecular weight excluding hydrogens is 212 g/mol. The fourth-order valence-electron chi connectivity index (χ4n) is 2.99. The van der Waals surface area contributed by atoms with Gasteiger partial charge in [-0.3, -0.25) is 4.68 Å². The number of aromatic nitrogens is 3. The lowest BCUT2D eigenvalue weighted by Gasteiger charge is -2.24. The number of aryl methyl sites for hydroxylation is 1. The van der Waals surface area contributed by atoms with Crippen molar-refractivity contribution in [3.63, 3.8) is 0 Å². The first-order valence-corrected chi connectivity index (χ1v) is 6.77. The number of rotatable bonds is 5. The molecule has 4 nitrogen and oxygen atoms in total. The molecule has 0 bridgehead atoms. The Morgan fingerprint density at radius 3 is 2.88 bits per heavy atom. The van der Waals surface area contributed by atoms with E-state index in [0.717, 1.165) is 30.6 Å². The maximum atomic E-state index is 4.34. The second-order valence-corrected chi connectivity index (χ2v) is 5.35. The van der Waals surface area contributed by atoms with Crippen LogP contribution in [0.1, 0.15) is 38.9 Å². The summed E-state index contributed by atoms with van der Waals surface area (Å²) in [6.07, 6.45) is 6.74. The predicted molar refractivity (Wildman–Crippen MR) is 68.7 cm³/mol. The predicted octanol–water partition coefficient (Wildman–Crippen LogP) is 1.77. The minimum atomic E-state index is 0.563. The van der Waals surface area contributed by atoms with Crippen molar-refractivity contribution >= 4 is 0 Å². The maximum Gasteiger partial charge on any atom is 0.138 e. The molecule has 3 atom stereocenters. The van der Waals surface area contributed by atoms with Crippen molar-refractivity contribution in [3.05, 3.63) is 12.2 Å². The fourth-order valence-corrected chi connectivity index (χ4v) is 2.99. The molecule has 96 valence electrons. The summed E-state index contributed by atoms with van der Waals surface area (Å²) in [6.45, 7) is 5.58. The largest absolute Gasteiger partial charge is 0.314 e. The molecular formula is C13H24N4. The van der Waals surface area contributed by atoms with Crippen molar-refractivity contribution in [1.82, 2.24) is 20.1 Å². The molecule has 1 heterocycles. The van der Waals surface area contributed by atoms with E-state index >= 15 is 0 Å². The van der Waals surface area contributed by atoms with Crippen molar-refractivity contribution in [3.8, 4) is 0 Å². The van der Waals surface area contributed by atoms with Gasteiger partial charge in [-0.05, 0) is 31.2 Å². The molecule has 3 unspecified atom stereocenters. The number of likely N-dealkylation sites (N-methyl/N-ethyl adjacent to an activating group) is 1. The second kappa shape index (κ2) is 5.63. The highest BCUT2D eigenvalue weighted by Gasteiger charge is 2.29. The average molecular weight is 236 g/mol. The molecule has 0 aliphatic heterocycles. The van der Waals surface area contributed by atoms with E-state index in [1.807, 2.05) is 11.7 Å². The van der Waals surface area contributed by atoms with E-state index in [4.69, 9.17) is 0 Å². The molecule has 2 rings (SSSR count). The smallest absolute Gasteiger partial charge is 0.138 e. The first-order valence-electron chi connectivity index (χ1n) is 6.77. The highest BCUT2D eigenvalue weighted by atomic mass is 15.3. The van der Waals surface area contributed by atoms with E-state index in [2.05, 4.69) is 29.2 Å². The molecule has 1 aliphatic carbocycles. The highest BCUT2D eigenvalue weighted by molar-refractivity contribution is 4.93. The summed E-state index contributed by atoms with van der Waals surface area (Å²) < 4.78 is 1.89. The zero-order valence-corrected chi connectivity index (χ0v) is 11.2. The molecule has 0 saturated heterocycles. The van der Waals surface area contributed by atoms with Crippen molar-refractivity contribution < 1.29 is 0 Å². The van der Waals surface area contributed by atoms with E-state index in [1.54, 1.807) is 6.33 Å². The standard InChI is InChI=1S/C13H24N4/c1-4-14-12(11-6-5-10(2)7-11)8-13-15-9-16-17(13)3/h9-12,14H,4-8H2,1-3H3. The zero-order chi connectivity index (χ0) is 12.3. The Balaban J connectivity index is 2.00. The van der Waals surface area contributed by atoms with Crippen LogP contribution in [0.2, 0.25) is 0 Å². The van der Waals surface area contributed by atoms with E-state index in [9.17, 15) is 0 Å². The van der Waals surface area contributed by atoms with Gasteiger partial charge in [-0.2, -0.15) is 5.10 Å². The summed E-state index contributed by atoms with van der Waals surface area (Å²) in [5.41, 5.74) is 0. The Morgan fingerprint density at radius 2 is 2.35 bits per heavy atom. The molecule has 1 aliphatic rings. The van der Waals surface area contributed by atoms with Crippen LogP contribution >= 0.6 is 0 Å². The molecule has 0 radical (unpaired) electrons. The average Bonchev–Trinajstić information content (AvgIpc) is 2.88. The van der Waals surface area contributed by atoms with Crippen LogP contribution in [0.15, 0.2) is 6.33 Å².